The molecular formula is C19H19N5O2. The number of anilines is 1. The van der Waals surface area contributed by atoms with Crippen molar-refractivity contribution in [2.45, 2.75) is 6.92 Å². The topological polar surface area (TPSA) is 88.9 Å². The molecule has 0 aliphatic rings. The fourth-order valence-corrected chi connectivity index (χ4v) is 2.45. The van der Waals surface area contributed by atoms with Gasteiger partial charge in [-0.2, -0.15) is 0 Å². The van der Waals surface area contributed by atoms with Crippen LogP contribution in [0.25, 0.3) is 11.4 Å². The van der Waals surface area contributed by atoms with E-state index < -0.39 is 0 Å². The zero-order chi connectivity index (χ0) is 18.5. The van der Waals surface area contributed by atoms with Crippen LogP contribution in [-0.4, -0.2) is 33.1 Å². The molecular weight excluding hydrogens is 330 g/mol. The Balaban J connectivity index is 1.59. The molecule has 132 valence electrons. The number of aromatic nitrogens is 3. The molecule has 2 N–H and O–H groups in total. The van der Waals surface area contributed by atoms with Crippen LogP contribution in [0, 0.1) is 6.92 Å². The Morgan fingerprint density at radius 2 is 1.88 bits per heavy atom. The highest BCUT2D eigenvalue weighted by atomic mass is 16.2. The maximum Gasteiger partial charge on any atom is 0.251 e. The maximum absolute atomic E-state index is 12.1. The average molecular weight is 349 g/mol. The van der Waals surface area contributed by atoms with Crippen LogP contribution in [0.15, 0.2) is 54.9 Å². The van der Waals surface area contributed by atoms with Crippen LogP contribution >= 0.6 is 0 Å². The molecule has 0 aliphatic heterocycles. The number of carbonyl (C=O) groups excluding carboxylic acids is 2. The molecule has 0 aliphatic carbocycles. The van der Waals surface area contributed by atoms with Crippen LogP contribution < -0.4 is 10.6 Å². The molecule has 0 atom stereocenters. The summed E-state index contributed by atoms with van der Waals surface area (Å²) in [5.74, 6) is 0.113. The number of hydrogen-bond acceptors (Lipinski definition) is 4. The summed E-state index contributed by atoms with van der Waals surface area (Å²) in [5.41, 5.74) is 3.06. The minimum absolute atomic E-state index is 0.110. The van der Waals surface area contributed by atoms with Gasteiger partial charge < -0.3 is 15.2 Å². The lowest BCUT2D eigenvalue weighted by atomic mass is 10.1. The number of hydrogen-bond donors (Lipinski definition) is 2. The molecule has 3 rings (SSSR count). The SMILES string of the molecule is Cc1ccc(C(=O)NCC(=O)Nc2cccc(-c3nncn3C)c2)cc1. The van der Waals surface area contributed by atoms with Crippen LogP contribution in [0.4, 0.5) is 5.69 Å². The molecule has 0 spiro atoms. The normalized spacial score (nSPS) is 10.4. The van der Waals surface area contributed by atoms with E-state index in [2.05, 4.69) is 20.8 Å². The van der Waals surface area contributed by atoms with Gasteiger partial charge in [0.25, 0.3) is 5.91 Å². The van der Waals surface area contributed by atoms with Crippen LogP contribution in [0.2, 0.25) is 0 Å². The van der Waals surface area contributed by atoms with Crippen molar-refractivity contribution in [3.63, 3.8) is 0 Å². The maximum atomic E-state index is 12.1. The third-order valence-corrected chi connectivity index (χ3v) is 3.84. The lowest BCUT2D eigenvalue weighted by Crippen LogP contribution is -2.32. The molecule has 7 heteroatoms. The summed E-state index contributed by atoms with van der Waals surface area (Å²) in [6, 6.07) is 14.5. The standard InChI is InChI=1S/C19H19N5O2/c1-13-6-8-14(9-7-13)19(26)20-11-17(25)22-16-5-3-4-15(10-16)18-23-21-12-24(18)2/h3-10,12H,11H2,1-2H3,(H,20,26)(H,22,25). The van der Waals surface area contributed by atoms with Crippen LogP contribution in [0.1, 0.15) is 15.9 Å². The van der Waals surface area contributed by atoms with Crippen LogP contribution in [0.3, 0.4) is 0 Å². The van der Waals surface area contributed by atoms with Crippen LogP contribution in [0.5, 0.6) is 0 Å². The molecule has 0 radical (unpaired) electrons. The summed E-state index contributed by atoms with van der Waals surface area (Å²) in [6.45, 7) is 1.84. The number of carbonyl (C=O) groups is 2. The Morgan fingerprint density at radius 3 is 2.58 bits per heavy atom. The van der Waals surface area contributed by atoms with Crippen LogP contribution in [-0.2, 0) is 11.8 Å². The van der Waals surface area contributed by atoms with E-state index in [9.17, 15) is 9.59 Å². The first-order chi connectivity index (χ1) is 12.5. The van der Waals surface area contributed by atoms with E-state index in [1.807, 2.05) is 44.3 Å². The molecule has 3 aromatic rings. The van der Waals surface area contributed by atoms with Gasteiger partial charge in [0.15, 0.2) is 5.82 Å². The molecule has 1 heterocycles. The lowest BCUT2D eigenvalue weighted by molar-refractivity contribution is -0.115. The predicted molar refractivity (Wildman–Crippen MR) is 98.6 cm³/mol. The Bertz CT molecular complexity index is 931. The zero-order valence-electron chi connectivity index (χ0n) is 14.6. The summed E-state index contributed by atoms with van der Waals surface area (Å²) in [6.07, 6.45) is 1.61. The molecule has 2 aromatic carbocycles. The van der Waals surface area contributed by atoms with E-state index in [1.54, 1.807) is 29.1 Å². The summed E-state index contributed by atoms with van der Waals surface area (Å²) >= 11 is 0. The van der Waals surface area contributed by atoms with Crippen molar-refractivity contribution in [1.29, 1.82) is 0 Å². The van der Waals surface area contributed by atoms with Crippen molar-refractivity contribution in [2.24, 2.45) is 7.05 Å². The number of amides is 2. The zero-order valence-corrected chi connectivity index (χ0v) is 14.6. The Kier molecular flexibility index (Phi) is 5.07. The van der Waals surface area contributed by atoms with E-state index in [0.29, 0.717) is 17.1 Å². The highest BCUT2D eigenvalue weighted by Gasteiger charge is 2.10. The van der Waals surface area contributed by atoms with Gasteiger partial charge in [0.05, 0.1) is 6.54 Å². The first-order valence-corrected chi connectivity index (χ1v) is 8.12. The minimum atomic E-state index is -0.305. The predicted octanol–water partition coefficient (Wildman–Crippen LogP) is 2.16. The monoisotopic (exact) mass is 349 g/mol. The van der Waals surface area contributed by atoms with E-state index in [1.165, 1.54) is 0 Å². The largest absolute Gasteiger partial charge is 0.343 e. The summed E-state index contributed by atoms with van der Waals surface area (Å²) in [7, 11) is 1.85. The van der Waals surface area contributed by atoms with Crippen molar-refractivity contribution in [3.8, 4) is 11.4 Å². The Hall–Kier alpha value is -3.48. The number of benzene rings is 2. The number of nitrogens with one attached hydrogen (secondary N) is 2. The smallest absolute Gasteiger partial charge is 0.251 e. The second-order valence-corrected chi connectivity index (χ2v) is 5.94. The van der Waals surface area contributed by atoms with Gasteiger partial charge in [-0.3, -0.25) is 9.59 Å². The Labute approximate surface area is 151 Å². The van der Waals surface area contributed by atoms with Crippen molar-refractivity contribution in [1.82, 2.24) is 20.1 Å². The highest BCUT2D eigenvalue weighted by Crippen LogP contribution is 2.19. The number of nitrogens with zero attached hydrogens (tertiary/aromatic N) is 3. The van der Waals surface area contributed by atoms with Gasteiger partial charge in [0, 0.05) is 23.9 Å². The first kappa shape index (κ1) is 17.3. The third-order valence-electron chi connectivity index (χ3n) is 3.84. The van der Waals surface area contributed by atoms with Gasteiger partial charge >= 0.3 is 0 Å². The first-order valence-electron chi connectivity index (χ1n) is 8.12. The second kappa shape index (κ2) is 7.60. The minimum Gasteiger partial charge on any atom is -0.343 e. The number of rotatable bonds is 5. The average Bonchev–Trinajstić information content (AvgIpc) is 3.06. The molecule has 0 unspecified atom stereocenters. The van der Waals surface area contributed by atoms with Crippen molar-refractivity contribution < 1.29 is 9.59 Å². The van der Waals surface area contributed by atoms with Crippen molar-refractivity contribution >= 4 is 17.5 Å². The third kappa shape index (κ3) is 4.13. The summed E-state index contributed by atoms with van der Waals surface area (Å²) < 4.78 is 1.79. The molecule has 0 saturated heterocycles. The molecule has 0 saturated carbocycles. The molecule has 1 aromatic heterocycles. The quantitative estimate of drug-likeness (QED) is 0.739. The van der Waals surface area contributed by atoms with Gasteiger partial charge in [-0.1, -0.05) is 29.8 Å². The van der Waals surface area contributed by atoms with E-state index >= 15 is 0 Å². The highest BCUT2D eigenvalue weighted by molar-refractivity contribution is 5.99. The van der Waals surface area contributed by atoms with Gasteiger partial charge in [0.2, 0.25) is 5.91 Å². The molecule has 0 fully saturated rings. The van der Waals surface area contributed by atoms with Gasteiger partial charge in [0.1, 0.15) is 6.33 Å². The summed E-state index contributed by atoms with van der Waals surface area (Å²) in [5, 5.41) is 13.3. The molecule has 7 nitrogen and oxygen atoms in total. The number of aryl methyl sites for hydroxylation is 2. The molecule has 26 heavy (non-hydrogen) atoms. The van der Waals surface area contributed by atoms with Crippen molar-refractivity contribution in [3.05, 3.63) is 66.0 Å². The fourth-order valence-electron chi connectivity index (χ4n) is 2.45. The van der Waals surface area contributed by atoms with Gasteiger partial charge in [-0.25, -0.2) is 0 Å². The second-order valence-electron chi connectivity index (χ2n) is 5.94. The van der Waals surface area contributed by atoms with E-state index in [4.69, 9.17) is 0 Å². The summed E-state index contributed by atoms with van der Waals surface area (Å²) in [4.78, 5) is 24.2. The van der Waals surface area contributed by atoms with Crippen molar-refractivity contribution in [2.75, 3.05) is 11.9 Å². The molecule has 0 bridgehead atoms. The van der Waals surface area contributed by atoms with Gasteiger partial charge in [-0.05, 0) is 31.2 Å². The Morgan fingerprint density at radius 1 is 1.12 bits per heavy atom. The van der Waals surface area contributed by atoms with E-state index in [0.717, 1.165) is 11.1 Å². The molecule has 2 amide bonds. The van der Waals surface area contributed by atoms with Gasteiger partial charge in [-0.15, -0.1) is 10.2 Å². The lowest BCUT2D eigenvalue weighted by Gasteiger charge is -2.08. The van der Waals surface area contributed by atoms with E-state index in [-0.39, 0.29) is 18.4 Å². The fraction of sp³-hybridized carbons (Fsp3) is 0.158.